The van der Waals surface area contributed by atoms with Crippen molar-refractivity contribution in [3.8, 4) is 0 Å². The second-order valence-electron chi connectivity index (χ2n) is 4.46. The smallest absolute Gasteiger partial charge is 0.126 e. The largest absolute Gasteiger partial charge is 0.322 e. The Morgan fingerprint density at radius 2 is 0.800 bits per heavy atom. The van der Waals surface area contributed by atoms with Crippen LogP contribution in [-0.4, -0.2) is 0 Å². The molecule has 0 aliphatic carbocycles. The molecule has 4 N–H and O–H groups in total. The van der Waals surface area contributed by atoms with Crippen LogP contribution in [0.4, 0.5) is 17.6 Å². The van der Waals surface area contributed by atoms with Crippen molar-refractivity contribution in [2.45, 2.75) is 12.1 Å². The summed E-state index contributed by atoms with van der Waals surface area (Å²) in [5.74, 6) is -3.19. The van der Waals surface area contributed by atoms with E-state index in [0.717, 1.165) is 24.3 Å². The van der Waals surface area contributed by atoms with Crippen LogP contribution in [0, 0.1) is 23.3 Å². The Kier molecular flexibility index (Phi) is 4.06. The summed E-state index contributed by atoms with van der Waals surface area (Å²) in [7, 11) is 0. The van der Waals surface area contributed by atoms with E-state index >= 15 is 0 Å². The molecule has 0 heterocycles. The van der Waals surface area contributed by atoms with Crippen LogP contribution >= 0.6 is 0 Å². The second kappa shape index (κ2) is 5.60. The lowest BCUT2D eigenvalue weighted by molar-refractivity contribution is 0.532. The molecule has 0 saturated heterocycles. The molecule has 0 radical (unpaired) electrons. The summed E-state index contributed by atoms with van der Waals surface area (Å²) in [4.78, 5) is 0. The van der Waals surface area contributed by atoms with Crippen molar-refractivity contribution in [3.05, 3.63) is 70.8 Å². The molecule has 0 aliphatic rings. The van der Waals surface area contributed by atoms with Crippen molar-refractivity contribution in [1.82, 2.24) is 0 Å². The van der Waals surface area contributed by atoms with E-state index in [9.17, 15) is 17.6 Å². The van der Waals surface area contributed by atoms with Gasteiger partial charge in [0.15, 0.2) is 0 Å². The van der Waals surface area contributed by atoms with E-state index in [-0.39, 0.29) is 11.1 Å². The van der Waals surface area contributed by atoms with Crippen LogP contribution in [0.15, 0.2) is 36.4 Å². The van der Waals surface area contributed by atoms with Crippen molar-refractivity contribution in [2.24, 2.45) is 11.5 Å². The van der Waals surface area contributed by atoms with Crippen molar-refractivity contribution in [3.63, 3.8) is 0 Å². The van der Waals surface area contributed by atoms with Crippen LogP contribution < -0.4 is 11.5 Å². The Hall–Kier alpha value is -1.92. The molecular formula is C14H12F4N2. The van der Waals surface area contributed by atoms with Crippen molar-refractivity contribution in [2.75, 3.05) is 0 Å². The minimum Gasteiger partial charge on any atom is -0.322 e. The Morgan fingerprint density at radius 1 is 0.550 bits per heavy atom. The molecule has 2 aromatic rings. The highest BCUT2D eigenvalue weighted by molar-refractivity contribution is 5.28. The second-order valence-corrected chi connectivity index (χ2v) is 4.46. The van der Waals surface area contributed by atoms with Crippen LogP contribution in [0.5, 0.6) is 0 Å². The van der Waals surface area contributed by atoms with E-state index in [0.29, 0.717) is 12.1 Å². The lowest BCUT2D eigenvalue weighted by Gasteiger charge is -2.21. The van der Waals surface area contributed by atoms with Gasteiger partial charge in [0, 0.05) is 24.2 Å². The highest BCUT2D eigenvalue weighted by Gasteiger charge is 2.20. The van der Waals surface area contributed by atoms with Gasteiger partial charge in [0.25, 0.3) is 0 Å². The van der Waals surface area contributed by atoms with Crippen LogP contribution in [0.3, 0.4) is 0 Å². The zero-order valence-corrected chi connectivity index (χ0v) is 10.3. The minimum absolute atomic E-state index is 0.111. The molecule has 2 aromatic carbocycles. The van der Waals surface area contributed by atoms with Crippen LogP contribution in [0.2, 0.25) is 0 Å². The molecule has 20 heavy (non-hydrogen) atoms. The fourth-order valence-corrected chi connectivity index (χ4v) is 1.95. The van der Waals surface area contributed by atoms with E-state index < -0.39 is 35.4 Å². The van der Waals surface area contributed by atoms with Gasteiger partial charge in [0.1, 0.15) is 23.3 Å². The Morgan fingerprint density at radius 3 is 1.05 bits per heavy atom. The Bertz CT molecular complexity index is 535. The number of halogens is 4. The van der Waals surface area contributed by atoms with Crippen molar-refractivity contribution >= 4 is 0 Å². The van der Waals surface area contributed by atoms with E-state index in [4.69, 9.17) is 11.5 Å². The monoisotopic (exact) mass is 284 g/mol. The third-order valence-corrected chi connectivity index (χ3v) is 2.93. The summed E-state index contributed by atoms with van der Waals surface area (Å²) in [5.41, 5.74) is 11.8. The number of hydrogen-bond acceptors (Lipinski definition) is 2. The van der Waals surface area contributed by atoms with Gasteiger partial charge in [-0.25, -0.2) is 17.6 Å². The molecule has 2 nitrogen and oxygen atoms in total. The van der Waals surface area contributed by atoms with Crippen LogP contribution in [-0.2, 0) is 0 Å². The average molecular weight is 284 g/mol. The summed E-state index contributed by atoms with van der Waals surface area (Å²) in [6.45, 7) is 0. The molecule has 2 atom stereocenters. The molecule has 0 unspecified atom stereocenters. The van der Waals surface area contributed by atoms with E-state index in [1.807, 2.05) is 0 Å². The molecule has 0 aromatic heterocycles. The lowest BCUT2D eigenvalue weighted by atomic mass is 9.94. The molecule has 0 aliphatic heterocycles. The number of benzene rings is 2. The molecule has 2 rings (SSSR count). The van der Waals surface area contributed by atoms with Gasteiger partial charge in [-0.2, -0.15) is 0 Å². The first-order valence-corrected chi connectivity index (χ1v) is 5.80. The van der Waals surface area contributed by atoms with E-state index in [1.54, 1.807) is 0 Å². The van der Waals surface area contributed by atoms with Gasteiger partial charge in [-0.15, -0.1) is 0 Å². The number of nitrogens with two attached hydrogens (primary N) is 2. The zero-order chi connectivity index (χ0) is 14.9. The highest BCUT2D eigenvalue weighted by atomic mass is 19.1. The minimum atomic E-state index is -0.999. The Balaban J connectivity index is 2.34. The van der Waals surface area contributed by atoms with Gasteiger partial charge >= 0.3 is 0 Å². The van der Waals surface area contributed by atoms with E-state index in [2.05, 4.69) is 0 Å². The summed E-state index contributed by atoms with van der Waals surface area (Å²) in [6.07, 6.45) is 0. The summed E-state index contributed by atoms with van der Waals surface area (Å²) >= 11 is 0. The normalized spacial score (nSPS) is 14.1. The predicted molar refractivity (Wildman–Crippen MR) is 66.6 cm³/mol. The third kappa shape index (κ3) is 3.15. The first-order chi connectivity index (χ1) is 9.36. The van der Waals surface area contributed by atoms with Crippen LogP contribution in [0.1, 0.15) is 23.2 Å². The highest BCUT2D eigenvalue weighted by Crippen LogP contribution is 2.26. The van der Waals surface area contributed by atoms with Gasteiger partial charge in [-0.1, -0.05) is 0 Å². The number of hydrogen-bond donors (Lipinski definition) is 2. The van der Waals surface area contributed by atoms with Gasteiger partial charge in [-0.05, 0) is 35.4 Å². The first-order valence-electron chi connectivity index (χ1n) is 5.80. The standard InChI is InChI=1S/C14H12F4N2/c15-9-1-7(2-10(16)5-9)13(19)14(20)8-3-11(17)6-12(18)4-8/h1-6,13-14H,19-20H2/t13-,14+. The van der Waals surface area contributed by atoms with Crippen molar-refractivity contribution < 1.29 is 17.6 Å². The molecule has 0 fully saturated rings. The Labute approximate surface area is 113 Å². The maximum atomic E-state index is 13.1. The zero-order valence-electron chi connectivity index (χ0n) is 10.3. The average Bonchev–Trinajstić information content (AvgIpc) is 2.34. The molecule has 6 heteroatoms. The van der Waals surface area contributed by atoms with Gasteiger partial charge in [0.2, 0.25) is 0 Å². The molecule has 0 amide bonds. The molecule has 0 saturated carbocycles. The summed E-state index contributed by atoms with van der Waals surface area (Å²) < 4.78 is 52.5. The SMILES string of the molecule is N[C@H](c1cc(F)cc(F)c1)[C@@H](N)c1cc(F)cc(F)c1. The van der Waals surface area contributed by atoms with Crippen LogP contribution in [0.25, 0.3) is 0 Å². The third-order valence-electron chi connectivity index (χ3n) is 2.93. The molecular weight excluding hydrogens is 272 g/mol. The molecule has 0 spiro atoms. The van der Waals surface area contributed by atoms with Gasteiger partial charge < -0.3 is 11.5 Å². The van der Waals surface area contributed by atoms with E-state index in [1.165, 1.54) is 0 Å². The molecule has 106 valence electrons. The first kappa shape index (κ1) is 14.5. The molecule has 0 bridgehead atoms. The van der Waals surface area contributed by atoms with Gasteiger partial charge in [0.05, 0.1) is 0 Å². The summed E-state index contributed by atoms with van der Waals surface area (Å²) in [5, 5.41) is 0. The summed E-state index contributed by atoms with van der Waals surface area (Å²) in [6, 6.07) is 3.52. The number of rotatable bonds is 3. The fourth-order valence-electron chi connectivity index (χ4n) is 1.95. The lowest BCUT2D eigenvalue weighted by Crippen LogP contribution is -2.27. The quantitative estimate of drug-likeness (QED) is 0.851. The van der Waals surface area contributed by atoms with Gasteiger partial charge in [-0.3, -0.25) is 0 Å². The maximum Gasteiger partial charge on any atom is 0.126 e. The predicted octanol–water partition coefficient (Wildman–Crippen LogP) is 2.94. The topological polar surface area (TPSA) is 52.0 Å². The van der Waals surface area contributed by atoms with Crippen molar-refractivity contribution in [1.29, 1.82) is 0 Å². The maximum absolute atomic E-state index is 13.1. The fraction of sp³-hybridized carbons (Fsp3) is 0.143.